The lowest BCUT2D eigenvalue weighted by atomic mass is 9.99. The normalized spacial score (nSPS) is 14.6. The van der Waals surface area contributed by atoms with Crippen LogP contribution in [0.3, 0.4) is 0 Å². The van der Waals surface area contributed by atoms with E-state index in [1.165, 1.54) is 135 Å². The molecule has 0 aliphatic carbocycles. The molecule has 3 unspecified atom stereocenters. The van der Waals surface area contributed by atoms with Crippen molar-refractivity contribution >= 4 is 39.5 Å². The zero-order valence-corrected chi connectivity index (χ0v) is 54.4. The molecular weight excluding hydrogens is 1090 g/mol. The molecule has 0 fully saturated rings. The molecule has 0 spiro atoms. The highest BCUT2D eigenvalue weighted by Gasteiger charge is 2.30. The SMILES string of the molecule is CCCCCCCCCCCCCCCC(=O)O[C@H](COC(=O)CCCCCCCCCCC(C)CC)COP(=O)(O)OC[C@@H](O)COP(=O)(O)OC[C@@H](COC(=O)CCCCCCC)OC(=O)CCCCCCCCCCCCCC. The molecule has 0 aromatic carbocycles. The third-order valence-electron chi connectivity index (χ3n) is 14.9. The molecular formula is C63H122O17P2. The van der Waals surface area contributed by atoms with E-state index in [1.54, 1.807) is 0 Å². The Kier molecular flexibility index (Phi) is 55.5. The van der Waals surface area contributed by atoms with Crippen LogP contribution in [0.2, 0.25) is 0 Å². The summed E-state index contributed by atoms with van der Waals surface area (Å²) in [5, 5.41) is 10.5. The number of phosphoric acid groups is 2. The van der Waals surface area contributed by atoms with Gasteiger partial charge in [0.05, 0.1) is 26.4 Å². The number of rotatable bonds is 63. The Hall–Kier alpha value is -1.94. The van der Waals surface area contributed by atoms with Crippen LogP contribution >= 0.6 is 15.6 Å². The standard InChI is InChI=1S/C63H122O17P2/c1-6-10-13-16-18-20-22-24-26-28-34-39-44-49-63(68)80-59(53-74-61(66)47-42-37-32-30-29-31-36-40-45-56(5)9-4)55-78-82(71,72)76-51-57(64)50-75-81(69,70)77-54-58(52-73-60(65)46-41-35-15-12-8-3)79-62(67)48-43-38-33-27-25-23-21-19-17-14-11-7-2/h56-59,64H,6-55H2,1-5H3,(H,69,70)(H,71,72)/t56?,57-,58+,59+/m0/s1. The number of hydrogen-bond donors (Lipinski definition) is 3. The van der Waals surface area contributed by atoms with Gasteiger partial charge in [0.15, 0.2) is 12.2 Å². The van der Waals surface area contributed by atoms with Crippen LogP contribution in [0.4, 0.5) is 0 Å². The quantitative estimate of drug-likeness (QED) is 0.0222. The number of carbonyl (C=O) groups excluding carboxylic acids is 4. The predicted octanol–water partition coefficient (Wildman–Crippen LogP) is 17.4. The molecule has 0 bridgehead atoms. The minimum Gasteiger partial charge on any atom is -0.462 e. The van der Waals surface area contributed by atoms with Crippen LogP contribution in [0.15, 0.2) is 0 Å². The number of hydrogen-bond acceptors (Lipinski definition) is 15. The minimum absolute atomic E-state index is 0.106. The molecule has 0 heterocycles. The van der Waals surface area contributed by atoms with Gasteiger partial charge >= 0.3 is 39.5 Å². The van der Waals surface area contributed by atoms with E-state index < -0.39 is 97.5 Å². The smallest absolute Gasteiger partial charge is 0.462 e. The molecule has 0 amide bonds. The van der Waals surface area contributed by atoms with Gasteiger partial charge in [0.2, 0.25) is 0 Å². The Balaban J connectivity index is 5.18. The molecule has 0 aliphatic heterocycles. The van der Waals surface area contributed by atoms with Gasteiger partial charge in [-0.2, -0.15) is 0 Å². The van der Waals surface area contributed by atoms with Gasteiger partial charge in [0.25, 0.3) is 0 Å². The van der Waals surface area contributed by atoms with Crippen LogP contribution < -0.4 is 0 Å². The lowest BCUT2D eigenvalue weighted by molar-refractivity contribution is -0.161. The van der Waals surface area contributed by atoms with Crippen molar-refractivity contribution in [2.45, 2.75) is 335 Å². The van der Waals surface area contributed by atoms with Crippen LogP contribution in [0.25, 0.3) is 0 Å². The van der Waals surface area contributed by atoms with Crippen molar-refractivity contribution in [3.63, 3.8) is 0 Å². The number of unbranched alkanes of at least 4 members (excludes halogenated alkanes) is 34. The van der Waals surface area contributed by atoms with Gasteiger partial charge in [-0.3, -0.25) is 37.3 Å². The lowest BCUT2D eigenvalue weighted by Gasteiger charge is -2.21. The summed E-state index contributed by atoms with van der Waals surface area (Å²) in [5.41, 5.74) is 0. The third kappa shape index (κ3) is 55.9. The Morgan fingerprint density at radius 2 is 0.585 bits per heavy atom. The summed E-state index contributed by atoms with van der Waals surface area (Å²) in [4.78, 5) is 72.0. The molecule has 0 saturated carbocycles. The number of ether oxygens (including phenoxy) is 4. The topological polar surface area (TPSA) is 237 Å². The van der Waals surface area contributed by atoms with Gasteiger partial charge in [-0.25, -0.2) is 9.13 Å². The second-order valence-corrected chi connectivity index (χ2v) is 25.9. The van der Waals surface area contributed by atoms with Crippen LogP contribution in [-0.2, 0) is 65.4 Å². The van der Waals surface area contributed by atoms with E-state index in [1.807, 2.05) is 0 Å². The number of aliphatic hydroxyl groups is 1. The van der Waals surface area contributed by atoms with E-state index in [-0.39, 0.29) is 25.7 Å². The van der Waals surface area contributed by atoms with E-state index in [9.17, 15) is 43.2 Å². The van der Waals surface area contributed by atoms with E-state index >= 15 is 0 Å². The molecule has 82 heavy (non-hydrogen) atoms. The summed E-state index contributed by atoms with van der Waals surface area (Å²) in [6.45, 7) is 7.11. The first-order chi connectivity index (χ1) is 39.6. The molecule has 0 rings (SSSR count). The lowest BCUT2D eigenvalue weighted by Crippen LogP contribution is -2.30. The minimum atomic E-state index is -4.94. The van der Waals surface area contributed by atoms with Gasteiger partial charge in [-0.05, 0) is 31.6 Å². The molecule has 0 aromatic rings. The second kappa shape index (κ2) is 56.8. The fraction of sp³-hybridized carbons (Fsp3) is 0.937. The molecule has 0 radical (unpaired) electrons. The first kappa shape index (κ1) is 80.1. The van der Waals surface area contributed by atoms with Crippen LogP contribution in [0, 0.1) is 5.92 Å². The average molecular weight is 1210 g/mol. The fourth-order valence-corrected chi connectivity index (χ4v) is 11.0. The second-order valence-electron chi connectivity index (χ2n) is 23.0. The highest BCUT2D eigenvalue weighted by atomic mass is 31.2. The van der Waals surface area contributed by atoms with Gasteiger partial charge < -0.3 is 33.8 Å². The van der Waals surface area contributed by atoms with Crippen molar-refractivity contribution in [3.05, 3.63) is 0 Å². The molecule has 0 aromatic heterocycles. The molecule has 0 saturated heterocycles. The fourth-order valence-electron chi connectivity index (χ4n) is 9.37. The van der Waals surface area contributed by atoms with Crippen molar-refractivity contribution in [1.29, 1.82) is 0 Å². The molecule has 3 N–H and O–H groups in total. The summed E-state index contributed by atoms with van der Waals surface area (Å²) in [5.74, 6) is -1.36. The van der Waals surface area contributed by atoms with Crippen LogP contribution in [-0.4, -0.2) is 96.7 Å². The summed E-state index contributed by atoms with van der Waals surface area (Å²) < 4.78 is 67.8. The zero-order chi connectivity index (χ0) is 60.6. The highest BCUT2D eigenvalue weighted by molar-refractivity contribution is 7.47. The summed E-state index contributed by atoms with van der Waals surface area (Å²) >= 11 is 0. The van der Waals surface area contributed by atoms with Gasteiger partial charge in [-0.1, -0.05) is 266 Å². The van der Waals surface area contributed by atoms with E-state index in [2.05, 4.69) is 34.6 Å². The monoisotopic (exact) mass is 1210 g/mol. The van der Waals surface area contributed by atoms with Gasteiger partial charge in [0.1, 0.15) is 19.3 Å². The molecule has 19 heteroatoms. The largest absolute Gasteiger partial charge is 0.472 e. The summed E-state index contributed by atoms with van der Waals surface area (Å²) in [6, 6.07) is 0. The van der Waals surface area contributed by atoms with Gasteiger partial charge in [-0.15, -0.1) is 0 Å². The third-order valence-corrected chi connectivity index (χ3v) is 16.8. The van der Waals surface area contributed by atoms with Crippen molar-refractivity contribution in [2.24, 2.45) is 5.92 Å². The zero-order valence-electron chi connectivity index (χ0n) is 52.6. The van der Waals surface area contributed by atoms with E-state index in [0.29, 0.717) is 25.7 Å². The van der Waals surface area contributed by atoms with Crippen molar-refractivity contribution < 1.29 is 80.2 Å². The number of phosphoric ester groups is 2. The number of carbonyl (C=O) groups is 4. The molecule has 6 atom stereocenters. The Morgan fingerprint density at radius 1 is 0.341 bits per heavy atom. The predicted molar refractivity (Wildman–Crippen MR) is 326 cm³/mol. The van der Waals surface area contributed by atoms with Crippen molar-refractivity contribution in [1.82, 2.24) is 0 Å². The summed E-state index contributed by atoms with van der Waals surface area (Å²) in [7, 11) is -9.88. The average Bonchev–Trinajstić information content (AvgIpc) is 3.47. The van der Waals surface area contributed by atoms with Crippen LogP contribution in [0.5, 0.6) is 0 Å². The molecule has 17 nitrogen and oxygen atoms in total. The van der Waals surface area contributed by atoms with Crippen molar-refractivity contribution in [3.8, 4) is 0 Å². The Bertz CT molecular complexity index is 1600. The van der Waals surface area contributed by atoms with E-state index in [4.69, 9.17) is 37.0 Å². The maximum Gasteiger partial charge on any atom is 0.472 e. The number of aliphatic hydroxyl groups excluding tert-OH is 1. The Labute approximate surface area is 498 Å². The first-order valence-corrected chi connectivity index (χ1v) is 36.2. The first-order valence-electron chi connectivity index (χ1n) is 33.2. The van der Waals surface area contributed by atoms with Gasteiger partial charge in [0, 0.05) is 25.7 Å². The maximum atomic E-state index is 13.0. The Morgan fingerprint density at radius 3 is 0.866 bits per heavy atom. The summed E-state index contributed by atoms with van der Waals surface area (Å²) in [6.07, 6.45) is 40.5. The maximum absolute atomic E-state index is 13.0. The van der Waals surface area contributed by atoms with E-state index in [0.717, 1.165) is 102 Å². The molecule has 0 aliphatic rings. The van der Waals surface area contributed by atoms with Crippen molar-refractivity contribution in [2.75, 3.05) is 39.6 Å². The highest BCUT2D eigenvalue weighted by Crippen LogP contribution is 2.45. The number of esters is 4. The molecule has 486 valence electrons. The van der Waals surface area contributed by atoms with Crippen LogP contribution in [0.1, 0.15) is 317 Å².